The van der Waals surface area contributed by atoms with Crippen LogP contribution in [0.1, 0.15) is 18.9 Å². The molecule has 4 nitrogen and oxygen atoms in total. The number of rotatable bonds is 6. The second-order valence-electron chi connectivity index (χ2n) is 3.96. The number of nitrogens with zero attached hydrogens (tertiary/aromatic N) is 1. The standard InChI is InChI=1S/C13H20N2O2/c1-2-15(8-4-7-14)13(17)10-11-5-3-6-12(16)9-11/h3,5-6,9,16H,2,4,7-8,10,14H2,1H3. The molecule has 0 atom stereocenters. The Hall–Kier alpha value is -1.55. The zero-order valence-electron chi connectivity index (χ0n) is 10.2. The average Bonchev–Trinajstić information content (AvgIpc) is 2.30. The van der Waals surface area contributed by atoms with Gasteiger partial charge in [0.05, 0.1) is 6.42 Å². The Morgan fingerprint density at radius 3 is 2.82 bits per heavy atom. The summed E-state index contributed by atoms with van der Waals surface area (Å²) in [6.07, 6.45) is 1.15. The summed E-state index contributed by atoms with van der Waals surface area (Å²) in [5.41, 5.74) is 6.27. The fourth-order valence-corrected chi connectivity index (χ4v) is 1.69. The first kappa shape index (κ1) is 13.5. The van der Waals surface area contributed by atoms with E-state index in [0.717, 1.165) is 12.0 Å². The van der Waals surface area contributed by atoms with E-state index in [1.165, 1.54) is 0 Å². The molecule has 0 bridgehead atoms. The Balaban J connectivity index is 2.57. The van der Waals surface area contributed by atoms with Gasteiger partial charge in [-0.05, 0) is 37.6 Å². The largest absolute Gasteiger partial charge is 0.508 e. The Kier molecular flexibility index (Phi) is 5.49. The van der Waals surface area contributed by atoms with Gasteiger partial charge < -0.3 is 15.7 Å². The predicted molar refractivity (Wildman–Crippen MR) is 67.7 cm³/mol. The molecule has 0 saturated carbocycles. The van der Waals surface area contributed by atoms with Gasteiger partial charge in [0.25, 0.3) is 0 Å². The molecular weight excluding hydrogens is 216 g/mol. The van der Waals surface area contributed by atoms with E-state index in [4.69, 9.17) is 5.73 Å². The highest BCUT2D eigenvalue weighted by molar-refractivity contribution is 5.78. The highest BCUT2D eigenvalue weighted by Crippen LogP contribution is 2.12. The van der Waals surface area contributed by atoms with Crippen LogP contribution in [0.15, 0.2) is 24.3 Å². The first-order valence-corrected chi connectivity index (χ1v) is 5.93. The monoisotopic (exact) mass is 236 g/mol. The van der Waals surface area contributed by atoms with Crippen LogP contribution in [0.5, 0.6) is 5.75 Å². The number of amides is 1. The second-order valence-corrected chi connectivity index (χ2v) is 3.96. The van der Waals surface area contributed by atoms with Gasteiger partial charge in [0.2, 0.25) is 5.91 Å². The third-order valence-electron chi connectivity index (χ3n) is 2.63. The third kappa shape index (κ3) is 4.44. The van der Waals surface area contributed by atoms with Gasteiger partial charge in [-0.15, -0.1) is 0 Å². The summed E-state index contributed by atoms with van der Waals surface area (Å²) in [4.78, 5) is 13.8. The Labute approximate surface area is 102 Å². The summed E-state index contributed by atoms with van der Waals surface area (Å²) in [7, 11) is 0. The van der Waals surface area contributed by atoms with Crippen LogP contribution in [0, 0.1) is 0 Å². The molecule has 0 unspecified atom stereocenters. The minimum atomic E-state index is 0.0755. The van der Waals surface area contributed by atoms with Crippen molar-refractivity contribution in [2.75, 3.05) is 19.6 Å². The lowest BCUT2D eigenvalue weighted by atomic mass is 10.1. The SMILES string of the molecule is CCN(CCCN)C(=O)Cc1cccc(O)c1. The van der Waals surface area contributed by atoms with Crippen LogP contribution in [0.2, 0.25) is 0 Å². The number of benzene rings is 1. The molecule has 0 saturated heterocycles. The minimum absolute atomic E-state index is 0.0755. The summed E-state index contributed by atoms with van der Waals surface area (Å²) in [6.45, 7) is 3.94. The van der Waals surface area contributed by atoms with Gasteiger partial charge in [-0.2, -0.15) is 0 Å². The molecule has 4 heteroatoms. The van der Waals surface area contributed by atoms with Gasteiger partial charge in [-0.1, -0.05) is 12.1 Å². The molecule has 3 N–H and O–H groups in total. The van der Waals surface area contributed by atoms with Crippen molar-refractivity contribution in [2.24, 2.45) is 5.73 Å². The lowest BCUT2D eigenvalue weighted by molar-refractivity contribution is -0.130. The number of carbonyl (C=O) groups excluding carboxylic acids is 1. The van der Waals surface area contributed by atoms with E-state index >= 15 is 0 Å². The van der Waals surface area contributed by atoms with E-state index in [1.807, 2.05) is 13.0 Å². The van der Waals surface area contributed by atoms with Crippen molar-refractivity contribution >= 4 is 5.91 Å². The maximum Gasteiger partial charge on any atom is 0.226 e. The quantitative estimate of drug-likeness (QED) is 0.778. The number of aromatic hydroxyl groups is 1. The van der Waals surface area contributed by atoms with Crippen molar-refractivity contribution in [3.63, 3.8) is 0 Å². The van der Waals surface area contributed by atoms with Crippen LogP contribution in [0.25, 0.3) is 0 Å². The van der Waals surface area contributed by atoms with Gasteiger partial charge >= 0.3 is 0 Å². The molecule has 0 radical (unpaired) electrons. The van der Waals surface area contributed by atoms with E-state index < -0.39 is 0 Å². The zero-order chi connectivity index (χ0) is 12.7. The van der Waals surface area contributed by atoms with Crippen molar-refractivity contribution in [2.45, 2.75) is 19.8 Å². The van der Waals surface area contributed by atoms with Crippen molar-refractivity contribution in [1.82, 2.24) is 4.90 Å². The predicted octanol–water partition coefficient (Wildman–Crippen LogP) is 1.13. The summed E-state index contributed by atoms with van der Waals surface area (Å²) >= 11 is 0. The molecule has 0 aliphatic heterocycles. The van der Waals surface area contributed by atoms with Gasteiger partial charge in [0.1, 0.15) is 5.75 Å². The molecule has 94 valence electrons. The molecule has 17 heavy (non-hydrogen) atoms. The lowest BCUT2D eigenvalue weighted by Crippen LogP contribution is -2.33. The summed E-state index contributed by atoms with van der Waals surface area (Å²) in [5.74, 6) is 0.270. The number of phenolic OH excluding ortho intramolecular Hbond substituents is 1. The number of hydrogen-bond acceptors (Lipinski definition) is 3. The van der Waals surface area contributed by atoms with Crippen molar-refractivity contribution in [3.05, 3.63) is 29.8 Å². The zero-order valence-corrected chi connectivity index (χ0v) is 10.2. The molecule has 1 aromatic carbocycles. The normalized spacial score (nSPS) is 10.2. The Bertz CT molecular complexity index is 366. The number of nitrogens with two attached hydrogens (primary N) is 1. The lowest BCUT2D eigenvalue weighted by Gasteiger charge is -2.20. The highest BCUT2D eigenvalue weighted by Gasteiger charge is 2.11. The fraction of sp³-hybridized carbons (Fsp3) is 0.462. The molecular formula is C13H20N2O2. The molecule has 1 rings (SSSR count). The first-order chi connectivity index (χ1) is 8.17. The van der Waals surface area contributed by atoms with Crippen LogP contribution in [0.4, 0.5) is 0 Å². The molecule has 0 aromatic heterocycles. The van der Waals surface area contributed by atoms with Crippen molar-refractivity contribution < 1.29 is 9.90 Å². The highest BCUT2D eigenvalue weighted by atomic mass is 16.3. The van der Waals surface area contributed by atoms with E-state index in [1.54, 1.807) is 23.1 Å². The molecule has 0 heterocycles. The molecule has 1 aromatic rings. The van der Waals surface area contributed by atoms with Crippen LogP contribution in [-0.4, -0.2) is 35.5 Å². The smallest absolute Gasteiger partial charge is 0.226 e. The second kappa shape index (κ2) is 6.91. The summed E-state index contributed by atoms with van der Waals surface area (Å²) < 4.78 is 0. The molecule has 0 fully saturated rings. The number of likely N-dealkylation sites (N-methyl/N-ethyl adjacent to an activating group) is 1. The van der Waals surface area contributed by atoms with Crippen LogP contribution in [0.3, 0.4) is 0 Å². The van der Waals surface area contributed by atoms with Gasteiger partial charge in [0, 0.05) is 13.1 Å². The van der Waals surface area contributed by atoms with E-state index in [-0.39, 0.29) is 11.7 Å². The van der Waals surface area contributed by atoms with Crippen LogP contribution in [-0.2, 0) is 11.2 Å². The molecule has 1 amide bonds. The summed E-state index contributed by atoms with van der Waals surface area (Å²) in [6, 6.07) is 6.80. The molecule has 0 spiro atoms. The van der Waals surface area contributed by atoms with Crippen LogP contribution >= 0.6 is 0 Å². The van der Waals surface area contributed by atoms with Gasteiger partial charge in [0.15, 0.2) is 0 Å². The van der Waals surface area contributed by atoms with Gasteiger partial charge in [-0.3, -0.25) is 4.79 Å². The first-order valence-electron chi connectivity index (χ1n) is 5.93. The van der Waals surface area contributed by atoms with Crippen LogP contribution < -0.4 is 5.73 Å². The van der Waals surface area contributed by atoms with E-state index in [9.17, 15) is 9.90 Å². The molecule has 0 aliphatic rings. The van der Waals surface area contributed by atoms with Crippen molar-refractivity contribution in [1.29, 1.82) is 0 Å². The topological polar surface area (TPSA) is 66.6 Å². The maximum atomic E-state index is 12.0. The number of hydrogen-bond donors (Lipinski definition) is 2. The van der Waals surface area contributed by atoms with E-state index in [2.05, 4.69) is 0 Å². The number of carbonyl (C=O) groups is 1. The van der Waals surface area contributed by atoms with E-state index in [0.29, 0.717) is 26.1 Å². The third-order valence-corrected chi connectivity index (χ3v) is 2.63. The summed E-state index contributed by atoms with van der Waals surface area (Å²) in [5, 5.41) is 9.32. The average molecular weight is 236 g/mol. The Morgan fingerprint density at radius 1 is 1.47 bits per heavy atom. The maximum absolute atomic E-state index is 12.0. The van der Waals surface area contributed by atoms with Crippen molar-refractivity contribution in [3.8, 4) is 5.75 Å². The number of phenols is 1. The fourth-order valence-electron chi connectivity index (χ4n) is 1.69. The molecule has 0 aliphatic carbocycles. The van der Waals surface area contributed by atoms with Gasteiger partial charge in [-0.25, -0.2) is 0 Å². The Morgan fingerprint density at radius 2 is 2.24 bits per heavy atom. The minimum Gasteiger partial charge on any atom is -0.508 e.